The summed E-state index contributed by atoms with van der Waals surface area (Å²) in [6, 6.07) is 15.5. The summed E-state index contributed by atoms with van der Waals surface area (Å²) in [6.45, 7) is 3.67. The van der Waals surface area contributed by atoms with Gasteiger partial charge in [-0.05, 0) is 30.4 Å². The van der Waals surface area contributed by atoms with E-state index in [1.165, 1.54) is 5.01 Å². The second kappa shape index (κ2) is 7.11. The molecule has 0 aliphatic carbocycles. The Morgan fingerprint density at radius 3 is 2.04 bits per heavy atom. The minimum Gasteiger partial charge on any atom is -0.267 e. The summed E-state index contributed by atoms with van der Waals surface area (Å²) in [5.74, 6) is -0.373. The summed E-state index contributed by atoms with van der Waals surface area (Å²) in [4.78, 5) is 38.3. The molecule has 3 rings (SSSR count). The van der Waals surface area contributed by atoms with Crippen LogP contribution in [0.1, 0.15) is 46.2 Å². The van der Waals surface area contributed by atoms with E-state index in [1.54, 1.807) is 24.3 Å². The molecule has 0 bridgehead atoms. The smallest absolute Gasteiger partial charge is 0.267 e. The van der Waals surface area contributed by atoms with E-state index in [0.717, 1.165) is 22.3 Å². The van der Waals surface area contributed by atoms with Crippen LogP contribution in [0.3, 0.4) is 0 Å². The van der Waals surface area contributed by atoms with Crippen molar-refractivity contribution in [1.82, 2.24) is 10.0 Å². The van der Waals surface area contributed by atoms with E-state index < -0.39 is 17.9 Å². The van der Waals surface area contributed by atoms with Crippen LogP contribution in [-0.2, 0) is 0 Å². The van der Waals surface area contributed by atoms with Crippen molar-refractivity contribution in [2.24, 2.45) is 0 Å². The summed E-state index contributed by atoms with van der Waals surface area (Å²) >= 11 is 1.07. The molecule has 1 heterocycles. The lowest BCUT2D eigenvalue weighted by atomic mass is 10.1. The van der Waals surface area contributed by atoms with Crippen LogP contribution in [0, 0.1) is 0 Å². The normalized spacial score (nSPS) is 14.4. The molecule has 3 amide bonds. The third-order valence-corrected chi connectivity index (χ3v) is 4.81. The molecule has 2 aromatic carbocycles. The van der Waals surface area contributed by atoms with Crippen molar-refractivity contribution in [1.29, 1.82) is 0 Å². The molecule has 5 nitrogen and oxygen atoms in total. The van der Waals surface area contributed by atoms with Gasteiger partial charge in [0.1, 0.15) is 0 Å². The van der Waals surface area contributed by atoms with Gasteiger partial charge in [-0.15, -0.1) is 0 Å². The highest BCUT2D eigenvalue weighted by atomic mass is 32.2. The number of thioether (sulfide) groups is 1. The van der Waals surface area contributed by atoms with E-state index in [0.29, 0.717) is 16.9 Å². The molecule has 25 heavy (non-hydrogen) atoms. The summed E-state index contributed by atoms with van der Waals surface area (Å²) in [5, 5.41) is 1.93. The van der Waals surface area contributed by atoms with Crippen LogP contribution in [0.15, 0.2) is 54.6 Å². The Labute approximate surface area is 150 Å². The van der Waals surface area contributed by atoms with Crippen molar-refractivity contribution in [2.75, 3.05) is 5.75 Å². The maximum atomic E-state index is 12.8. The molecule has 128 valence electrons. The second-order valence-electron chi connectivity index (χ2n) is 5.60. The number of carbonyl (C=O) groups excluding carboxylic acids is 3. The van der Waals surface area contributed by atoms with Crippen molar-refractivity contribution < 1.29 is 14.4 Å². The number of fused-ring (bicyclic) bond motifs is 1. The van der Waals surface area contributed by atoms with Gasteiger partial charge in [0, 0.05) is 0 Å². The molecule has 6 heteroatoms. The molecule has 0 spiro atoms. The maximum Gasteiger partial charge on any atom is 0.301 e. The van der Waals surface area contributed by atoms with Gasteiger partial charge in [0.25, 0.3) is 11.8 Å². The van der Waals surface area contributed by atoms with E-state index in [2.05, 4.69) is 0 Å². The first-order chi connectivity index (χ1) is 12.1. The Balaban J connectivity index is 2.03. The molecule has 1 aliphatic heterocycles. The average molecular weight is 354 g/mol. The van der Waals surface area contributed by atoms with Gasteiger partial charge in [0.2, 0.25) is 0 Å². The van der Waals surface area contributed by atoms with Crippen molar-refractivity contribution in [3.8, 4) is 0 Å². The van der Waals surface area contributed by atoms with E-state index in [9.17, 15) is 14.4 Å². The van der Waals surface area contributed by atoms with Crippen LogP contribution >= 0.6 is 11.8 Å². The van der Waals surface area contributed by atoms with Gasteiger partial charge in [-0.2, -0.15) is 5.01 Å². The van der Waals surface area contributed by atoms with Crippen LogP contribution in [0.25, 0.3) is 0 Å². The molecular weight excluding hydrogens is 336 g/mol. The van der Waals surface area contributed by atoms with Gasteiger partial charge in [-0.3, -0.25) is 14.4 Å². The molecule has 0 aromatic heterocycles. The fourth-order valence-corrected chi connectivity index (χ4v) is 3.47. The number of hydrogen-bond donors (Lipinski definition) is 0. The summed E-state index contributed by atoms with van der Waals surface area (Å²) in [5.41, 5.74) is 1.50. The van der Waals surface area contributed by atoms with E-state index in [4.69, 9.17) is 0 Å². The molecule has 0 fully saturated rings. The summed E-state index contributed by atoms with van der Waals surface area (Å²) in [7, 11) is 0. The molecule has 0 N–H and O–H groups in total. The third kappa shape index (κ3) is 3.05. The summed E-state index contributed by atoms with van der Waals surface area (Å²) in [6.07, 6.45) is 0. The number of nitrogens with zero attached hydrogens (tertiary/aromatic N) is 2. The zero-order valence-corrected chi connectivity index (χ0v) is 14.8. The first-order valence-electron chi connectivity index (χ1n) is 8.05. The fourth-order valence-electron chi connectivity index (χ4n) is 2.85. The number of hydrazine groups is 1. The lowest BCUT2D eigenvalue weighted by Gasteiger charge is -2.34. The van der Waals surface area contributed by atoms with E-state index in [1.807, 2.05) is 44.2 Å². The van der Waals surface area contributed by atoms with Gasteiger partial charge in [0.15, 0.2) is 0 Å². The predicted molar refractivity (Wildman–Crippen MR) is 97.2 cm³/mol. The number of hydrogen-bond acceptors (Lipinski definition) is 4. The lowest BCUT2D eigenvalue weighted by Crippen LogP contribution is -2.49. The molecule has 0 saturated carbocycles. The minimum absolute atomic E-state index is 0.326. The molecule has 1 aliphatic rings. The van der Waals surface area contributed by atoms with Crippen molar-refractivity contribution >= 4 is 28.8 Å². The highest BCUT2D eigenvalue weighted by Crippen LogP contribution is 2.32. The number of rotatable bonds is 4. The third-order valence-electron chi connectivity index (χ3n) is 4.09. The van der Waals surface area contributed by atoms with Crippen LogP contribution in [0.2, 0.25) is 0 Å². The Bertz CT molecular complexity index is 787. The van der Waals surface area contributed by atoms with E-state index in [-0.39, 0.29) is 5.24 Å². The number of amides is 3. The highest BCUT2D eigenvalue weighted by Gasteiger charge is 2.43. The number of imide groups is 1. The average Bonchev–Trinajstić information content (AvgIpc) is 2.88. The quantitative estimate of drug-likeness (QED) is 0.775. The number of carbonyl (C=O) groups is 3. The monoisotopic (exact) mass is 354 g/mol. The van der Waals surface area contributed by atoms with Gasteiger partial charge in [-0.25, -0.2) is 5.01 Å². The Kier molecular flexibility index (Phi) is 4.90. The SMILES string of the molecule is CCSC(=O)N(C(C)c1ccccc1)N1C(=O)c2ccccc2C1=O. The van der Waals surface area contributed by atoms with Crippen molar-refractivity contribution in [2.45, 2.75) is 19.9 Å². The maximum absolute atomic E-state index is 12.8. The number of benzene rings is 2. The zero-order chi connectivity index (χ0) is 18.0. The predicted octanol–water partition coefficient (Wildman–Crippen LogP) is 4.13. The molecule has 1 atom stereocenters. The first-order valence-corrected chi connectivity index (χ1v) is 9.03. The Morgan fingerprint density at radius 2 is 1.52 bits per heavy atom. The minimum atomic E-state index is -0.464. The van der Waals surface area contributed by atoms with E-state index >= 15 is 0 Å². The fraction of sp³-hybridized carbons (Fsp3) is 0.211. The van der Waals surface area contributed by atoms with Gasteiger partial charge in [0.05, 0.1) is 17.2 Å². The summed E-state index contributed by atoms with van der Waals surface area (Å²) < 4.78 is 0. The Hall–Kier alpha value is -2.60. The molecule has 1 unspecified atom stereocenters. The highest BCUT2D eigenvalue weighted by molar-refractivity contribution is 8.13. The van der Waals surface area contributed by atoms with Gasteiger partial charge >= 0.3 is 5.24 Å². The molecule has 0 saturated heterocycles. The van der Waals surface area contributed by atoms with Gasteiger partial charge < -0.3 is 0 Å². The van der Waals surface area contributed by atoms with Crippen molar-refractivity contribution in [3.05, 3.63) is 71.3 Å². The molecule has 0 radical (unpaired) electrons. The topological polar surface area (TPSA) is 57.7 Å². The van der Waals surface area contributed by atoms with Crippen LogP contribution in [0.5, 0.6) is 0 Å². The zero-order valence-electron chi connectivity index (χ0n) is 14.0. The largest absolute Gasteiger partial charge is 0.301 e. The molecular formula is C19H18N2O3S. The van der Waals surface area contributed by atoms with Gasteiger partial charge in [-0.1, -0.05) is 61.2 Å². The van der Waals surface area contributed by atoms with Crippen LogP contribution in [0.4, 0.5) is 4.79 Å². The molecule has 2 aromatic rings. The van der Waals surface area contributed by atoms with Crippen molar-refractivity contribution in [3.63, 3.8) is 0 Å². The lowest BCUT2D eigenvalue weighted by molar-refractivity contribution is 0.0103. The Morgan fingerprint density at radius 1 is 1.00 bits per heavy atom. The second-order valence-corrected chi connectivity index (χ2v) is 6.81. The first kappa shape index (κ1) is 17.2. The standard InChI is InChI=1S/C19H18N2O3S/c1-3-25-19(24)20(13(2)14-9-5-4-6-10-14)21-17(22)15-11-7-8-12-16(15)18(21)23/h4-13H,3H2,1-2H3. The van der Waals surface area contributed by atoms with Crippen LogP contribution in [-0.4, -0.2) is 32.8 Å². The van der Waals surface area contributed by atoms with Crippen LogP contribution < -0.4 is 0 Å².